The van der Waals surface area contributed by atoms with Crippen molar-refractivity contribution in [2.24, 2.45) is 0 Å². The van der Waals surface area contributed by atoms with Crippen LogP contribution in [0, 0.1) is 0 Å². The molecular formula is C20H26N2O2. The van der Waals surface area contributed by atoms with Gasteiger partial charge in [0.2, 0.25) is 5.91 Å². The van der Waals surface area contributed by atoms with Gasteiger partial charge in [-0.15, -0.1) is 0 Å². The third kappa shape index (κ3) is 4.12. The number of para-hydroxylation sites is 1. The minimum absolute atomic E-state index is 0.190. The number of rotatable bonds is 6. The molecule has 1 aromatic carbocycles. The van der Waals surface area contributed by atoms with Crippen molar-refractivity contribution in [2.45, 2.75) is 58.3 Å². The Hall–Kier alpha value is -1.94. The maximum Gasteiger partial charge on any atom is 0.223 e. The molecule has 1 amide bonds. The molecule has 1 aliphatic rings. The molecule has 3 rings (SSSR count). The van der Waals surface area contributed by atoms with Crippen LogP contribution in [0.1, 0.15) is 45.2 Å². The SMILES string of the molecule is CCN(Cc1ccc2ccccc2n1)C(=O)CC[C@H]1CC[C@H](C)O1. The zero-order valence-electron chi connectivity index (χ0n) is 14.6. The van der Waals surface area contributed by atoms with Crippen molar-refractivity contribution in [3.8, 4) is 0 Å². The summed E-state index contributed by atoms with van der Waals surface area (Å²) >= 11 is 0. The van der Waals surface area contributed by atoms with Crippen molar-refractivity contribution in [1.29, 1.82) is 0 Å². The highest BCUT2D eigenvalue weighted by Crippen LogP contribution is 2.23. The van der Waals surface area contributed by atoms with E-state index < -0.39 is 0 Å². The Morgan fingerprint density at radius 2 is 2.08 bits per heavy atom. The normalized spacial score (nSPS) is 20.4. The van der Waals surface area contributed by atoms with Gasteiger partial charge in [-0.1, -0.05) is 24.3 Å². The molecule has 0 bridgehead atoms. The van der Waals surface area contributed by atoms with Crippen LogP contribution in [0.25, 0.3) is 10.9 Å². The fourth-order valence-electron chi connectivity index (χ4n) is 3.31. The maximum atomic E-state index is 12.5. The topological polar surface area (TPSA) is 42.4 Å². The monoisotopic (exact) mass is 326 g/mol. The van der Waals surface area contributed by atoms with E-state index in [9.17, 15) is 4.79 Å². The number of pyridine rings is 1. The van der Waals surface area contributed by atoms with Crippen molar-refractivity contribution < 1.29 is 9.53 Å². The minimum Gasteiger partial charge on any atom is -0.375 e. The van der Waals surface area contributed by atoms with Crippen LogP contribution >= 0.6 is 0 Å². The number of amides is 1. The Morgan fingerprint density at radius 1 is 1.25 bits per heavy atom. The van der Waals surface area contributed by atoms with Gasteiger partial charge in [-0.05, 0) is 45.2 Å². The maximum absolute atomic E-state index is 12.5. The van der Waals surface area contributed by atoms with Crippen molar-refractivity contribution in [1.82, 2.24) is 9.88 Å². The zero-order chi connectivity index (χ0) is 16.9. The van der Waals surface area contributed by atoms with Gasteiger partial charge in [-0.2, -0.15) is 0 Å². The van der Waals surface area contributed by atoms with E-state index in [4.69, 9.17) is 4.74 Å². The molecule has 2 aromatic rings. The summed E-state index contributed by atoms with van der Waals surface area (Å²) in [6.07, 6.45) is 4.16. The first-order chi connectivity index (χ1) is 11.7. The van der Waals surface area contributed by atoms with Gasteiger partial charge in [-0.25, -0.2) is 0 Å². The summed E-state index contributed by atoms with van der Waals surface area (Å²) in [5.74, 6) is 0.190. The van der Waals surface area contributed by atoms with Crippen molar-refractivity contribution in [3.05, 3.63) is 42.1 Å². The zero-order valence-corrected chi connectivity index (χ0v) is 14.6. The summed E-state index contributed by atoms with van der Waals surface area (Å²) in [4.78, 5) is 19.1. The number of hydrogen-bond donors (Lipinski definition) is 0. The van der Waals surface area contributed by atoms with Crippen LogP contribution in [0.2, 0.25) is 0 Å². The lowest BCUT2D eigenvalue weighted by molar-refractivity contribution is -0.132. The average Bonchev–Trinajstić information content (AvgIpc) is 3.02. The number of hydrogen-bond acceptors (Lipinski definition) is 3. The first-order valence-corrected chi connectivity index (χ1v) is 8.93. The molecule has 0 spiro atoms. The Labute approximate surface area is 143 Å². The van der Waals surface area contributed by atoms with E-state index in [0.29, 0.717) is 25.6 Å². The van der Waals surface area contributed by atoms with Gasteiger partial charge in [0.25, 0.3) is 0 Å². The summed E-state index contributed by atoms with van der Waals surface area (Å²) in [6.45, 7) is 5.40. The molecule has 0 radical (unpaired) electrons. The number of benzene rings is 1. The molecule has 1 saturated heterocycles. The molecule has 128 valence electrons. The van der Waals surface area contributed by atoms with Crippen molar-refractivity contribution >= 4 is 16.8 Å². The molecule has 0 N–H and O–H groups in total. The molecule has 4 heteroatoms. The molecule has 1 aliphatic heterocycles. The standard InChI is InChI=1S/C20H26N2O2/c1-3-22(20(23)13-12-18-11-8-15(2)24-18)14-17-10-9-16-6-4-5-7-19(16)21-17/h4-7,9-10,15,18H,3,8,11-14H2,1-2H3/t15-,18+/m0/s1. The highest BCUT2D eigenvalue weighted by molar-refractivity contribution is 5.79. The van der Waals surface area contributed by atoms with Crippen LogP contribution in [-0.4, -0.2) is 34.5 Å². The highest BCUT2D eigenvalue weighted by atomic mass is 16.5. The van der Waals surface area contributed by atoms with E-state index in [1.54, 1.807) is 0 Å². The molecule has 0 unspecified atom stereocenters. The number of aromatic nitrogens is 1. The molecular weight excluding hydrogens is 300 g/mol. The van der Waals surface area contributed by atoms with E-state index in [-0.39, 0.29) is 12.0 Å². The van der Waals surface area contributed by atoms with Gasteiger partial charge in [0, 0.05) is 18.4 Å². The van der Waals surface area contributed by atoms with Gasteiger partial charge < -0.3 is 9.64 Å². The van der Waals surface area contributed by atoms with E-state index in [0.717, 1.165) is 35.9 Å². The van der Waals surface area contributed by atoms with Crippen LogP contribution in [-0.2, 0) is 16.1 Å². The van der Waals surface area contributed by atoms with E-state index in [1.165, 1.54) is 0 Å². The first kappa shape index (κ1) is 16.9. The van der Waals surface area contributed by atoms with Crippen LogP contribution in [0.4, 0.5) is 0 Å². The predicted molar refractivity (Wildman–Crippen MR) is 95.6 cm³/mol. The summed E-state index contributed by atoms with van der Waals surface area (Å²) in [6, 6.07) is 12.2. The highest BCUT2D eigenvalue weighted by Gasteiger charge is 2.23. The van der Waals surface area contributed by atoms with Crippen LogP contribution in [0.3, 0.4) is 0 Å². The smallest absolute Gasteiger partial charge is 0.223 e. The second-order valence-corrected chi connectivity index (χ2v) is 6.59. The van der Waals surface area contributed by atoms with E-state index in [2.05, 4.69) is 24.0 Å². The second kappa shape index (κ2) is 7.75. The van der Waals surface area contributed by atoms with E-state index in [1.807, 2.05) is 36.1 Å². The average molecular weight is 326 g/mol. The lowest BCUT2D eigenvalue weighted by atomic mass is 10.1. The Bertz CT molecular complexity index is 701. The third-order valence-electron chi connectivity index (χ3n) is 4.74. The number of carbonyl (C=O) groups excluding carboxylic acids is 1. The van der Waals surface area contributed by atoms with Crippen LogP contribution in [0.15, 0.2) is 36.4 Å². The number of ether oxygens (including phenoxy) is 1. The summed E-state index contributed by atoms with van der Waals surface area (Å²) in [5.41, 5.74) is 1.92. The lowest BCUT2D eigenvalue weighted by Gasteiger charge is -2.21. The lowest BCUT2D eigenvalue weighted by Crippen LogP contribution is -2.31. The Morgan fingerprint density at radius 3 is 2.83 bits per heavy atom. The molecule has 1 aromatic heterocycles. The first-order valence-electron chi connectivity index (χ1n) is 8.93. The number of nitrogens with zero attached hydrogens (tertiary/aromatic N) is 2. The fourth-order valence-corrected chi connectivity index (χ4v) is 3.31. The van der Waals surface area contributed by atoms with Crippen LogP contribution < -0.4 is 0 Å². The largest absolute Gasteiger partial charge is 0.375 e. The molecule has 2 heterocycles. The van der Waals surface area contributed by atoms with Gasteiger partial charge in [0.15, 0.2) is 0 Å². The molecule has 0 saturated carbocycles. The second-order valence-electron chi connectivity index (χ2n) is 6.59. The molecule has 4 nitrogen and oxygen atoms in total. The number of fused-ring (bicyclic) bond motifs is 1. The molecule has 1 fully saturated rings. The summed E-state index contributed by atoms with van der Waals surface area (Å²) in [7, 11) is 0. The quantitative estimate of drug-likeness (QED) is 0.808. The van der Waals surface area contributed by atoms with Crippen LogP contribution in [0.5, 0.6) is 0 Å². The minimum atomic E-state index is 0.190. The summed E-state index contributed by atoms with van der Waals surface area (Å²) < 4.78 is 5.81. The van der Waals surface area contributed by atoms with Gasteiger partial charge in [-0.3, -0.25) is 9.78 Å². The summed E-state index contributed by atoms with van der Waals surface area (Å²) in [5, 5.41) is 1.13. The van der Waals surface area contributed by atoms with Gasteiger partial charge >= 0.3 is 0 Å². The van der Waals surface area contributed by atoms with E-state index >= 15 is 0 Å². The van der Waals surface area contributed by atoms with Crippen molar-refractivity contribution in [2.75, 3.05) is 6.54 Å². The Kier molecular flexibility index (Phi) is 5.46. The number of carbonyl (C=O) groups is 1. The third-order valence-corrected chi connectivity index (χ3v) is 4.74. The van der Waals surface area contributed by atoms with Gasteiger partial charge in [0.05, 0.1) is 30.0 Å². The molecule has 24 heavy (non-hydrogen) atoms. The Balaban J connectivity index is 1.59. The molecule has 0 aliphatic carbocycles. The van der Waals surface area contributed by atoms with Crippen molar-refractivity contribution in [3.63, 3.8) is 0 Å². The van der Waals surface area contributed by atoms with Gasteiger partial charge in [0.1, 0.15) is 0 Å². The predicted octanol–water partition coefficient (Wildman–Crippen LogP) is 3.93. The fraction of sp³-hybridized carbons (Fsp3) is 0.500. The molecule has 2 atom stereocenters.